The molecule has 1 aliphatic rings. The second kappa shape index (κ2) is 4.63. The summed E-state index contributed by atoms with van der Waals surface area (Å²) >= 11 is 0. The number of carbonyl (C=O) groups excluding carboxylic acids is 1. The Balaban J connectivity index is 1.85. The van der Waals surface area contributed by atoms with E-state index in [-0.39, 0.29) is 11.9 Å². The molecular formula is C14H11N5O. The lowest BCUT2D eigenvalue weighted by Crippen LogP contribution is -2.25. The first kappa shape index (κ1) is 12.1. The van der Waals surface area contributed by atoms with Crippen molar-refractivity contribution in [2.75, 3.05) is 5.73 Å². The predicted octanol–water partition coefficient (Wildman–Crippen LogP) is 1.09. The Morgan fingerprint density at radius 2 is 2.25 bits per heavy atom. The number of aromatic nitrogens is 2. The summed E-state index contributed by atoms with van der Waals surface area (Å²) in [5.74, 6) is 0.0863. The first-order valence-corrected chi connectivity index (χ1v) is 6.07. The average molecular weight is 265 g/mol. The molecule has 0 fully saturated rings. The van der Waals surface area contributed by atoms with Crippen LogP contribution in [0.3, 0.4) is 0 Å². The zero-order chi connectivity index (χ0) is 14.1. The topological polar surface area (TPSA) is 95.9 Å². The predicted molar refractivity (Wildman–Crippen MR) is 71.2 cm³/mol. The van der Waals surface area contributed by atoms with Crippen molar-refractivity contribution in [2.24, 2.45) is 0 Å². The van der Waals surface area contributed by atoms with Gasteiger partial charge in [0.1, 0.15) is 0 Å². The quantitative estimate of drug-likeness (QED) is 0.832. The molecule has 1 amide bonds. The fraction of sp³-hybridized carbons (Fsp3) is 0.143. The number of nitriles is 1. The van der Waals surface area contributed by atoms with Crippen LogP contribution in [0.1, 0.15) is 27.2 Å². The summed E-state index contributed by atoms with van der Waals surface area (Å²) in [6.45, 7) is 0.878. The number of carbonyl (C=O) groups is 1. The molecule has 0 atom stereocenters. The number of hydrogen-bond donors (Lipinski definition) is 1. The molecular weight excluding hydrogens is 254 g/mol. The van der Waals surface area contributed by atoms with E-state index in [1.54, 1.807) is 35.4 Å². The molecule has 1 aliphatic heterocycles. The van der Waals surface area contributed by atoms with Crippen molar-refractivity contribution in [1.29, 1.82) is 5.26 Å². The summed E-state index contributed by atoms with van der Waals surface area (Å²) in [5, 5.41) is 8.87. The molecule has 2 heterocycles. The fourth-order valence-corrected chi connectivity index (χ4v) is 2.22. The van der Waals surface area contributed by atoms with Crippen molar-refractivity contribution in [3.63, 3.8) is 0 Å². The number of fused-ring (bicyclic) bond motifs is 1. The van der Waals surface area contributed by atoms with Gasteiger partial charge in [0.2, 0.25) is 5.95 Å². The van der Waals surface area contributed by atoms with Crippen molar-refractivity contribution < 1.29 is 4.79 Å². The maximum absolute atomic E-state index is 12.4. The Morgan fingerprint density at radius 1 is 1.40 bits per heavy atom. The Bertz CT molecular complexity index is 735. The average Bonchev–Trinajstić information content (AvgIpc) is 2.89. The molecule has 2 N–H and O–H groups in total. The minimum atomic E-state index is -0.126. The van der Waals surface area contributed by atoms with Crippen LogP contribution < -0.4 is 5.73 Å². The van der Waals surface area contributed by atoms with Gasteiger partial charge >= 0.3 is 0 Å². The highest BCUT2D eigenvalue weighted by molar-refractivity contribution is 5.94. The molecule has 0 saturated carbocycles. The molecule has 1 aromatic carbocycles. The lowest BCUT2D eigenvalue weighted by molar-refractivity contribution is 0.0750. The third kappa shape index (κ3) is 2.06. The molecule has 2 aromatic rings. The van der Waals surface area contributed by atoms with E-state index in [9.17, 15) is 4.79 Å². The maximum Gasteiger partial charge on any atom is 0.254 e. The molecule has 0 unspecified atom stereocenters. The van der Waals surface area contributed by atoms with E-state index in [0.717, 1.165) is 11.3 Å². The Labute approximate surface area is 115 Å². The molecule has 0 spiro atoms. The smallest absolute Gasteiger partial charge is 0.254 e. The Kier molecular flexibility index (Phi) is 2.80. The van der Waals surface area contributed by atoms with E-state index in [4.69, 9.17) is 11.0 Å². The summed E-state index contributed by atoms with van der Waals surface area (Å²) in [7, 11) is 0. The maximum atomic E-state index is 12.4. The Hall–Kier alpha value is -2.94. The van der Waals surface area contributed by atoms with E-state index in [0.29, 0.717) is 24.2 Å². The van der Waals surface area contributed by atoms with Gasteiger partial charge in [0.05, 0.1) is 23.9 Å². The summed E-state index contributed by atoms with van der Waals surface area (Å²) in [5.41, 5.74) is 8.19. The molecule has 6 heteroatoms. The van der Waals surface area contributed by atoms with E-state index in [2.05, 4.69) is 9.97 Å². The number of nitrogens with zero attached hydrogens (tertiary/aromatic N) is 4. The normalized spacial score (nSPS) is 12.8. The number of benzene rings is 1. The number of rotatable bonds is 1. The standard InChI is InChI=1S/C14H11N5O/c15-5-9-2-1-3-10(4-9)13(20)19-7-11-6-17-14(16)18-12(11)8-19/h1-4,6H,7-8H2,(H2,16,17,18). The highest BCUT2D eigenvalue weighted by atomic mass is 16.2. The van der Waals surface area contributed by atoms with Gasteiger partial charge in [0, 0.05) is 23.9 Å². The van der Waals surface area contributed by atoms with Crippen LogP contribution in [0.5, 0.6) is 0 Å². The highest BCUT2D eigenvalue weighted by Gasteiger charge is 2.25. The molecule has 98 valence electrons. The SMILES string of the molecule is N#Cc1cccc(C(=O)N2Cc3cnc(N)nc3C2)c1. The van der Waals surface area contributed by atoms with E-state index < -0.39 is 0 Å². The van der Waals surface area contributed by atoms with E-state index >= 15 is 0 Å². The second-order valence-corrected chi connectivity index (χ2v) is 4.55. The summed E-state index contributed by atoms with van der Waals surface area (Å²) in [6, 6.07) is 8.69. The second-order valence-electron chi connectivity index (χ2n) is 4.55. The molecule has 0 aliphatic carbocycles. The van der Waals surface area contributed by atoms with Crippen LogP contribution in [-0.2, 0) is 13.1 Å². The molecule has 20 heavy (non-hydrogen) atoms. The van der Waals surface area contributed by atoms with Crippen LogP contribution >= 0.6 is 0 Å². The molecule has 1 aromatic heterocycles. The van der Waals surface area contributed by atoms with E-state index in [1.165, 1.54) is 0 Å². The largest absolute Gasteiger partial charge is 0.368 e. The third-order valence-electron chi connectivity index (χ3n) is 3.20. The van der Waals surface area contributed by atoms with Crippen molar-refractivity contribution in [1.82, 2.24) is 14.9 Å². The lowest BCUT2D eigenvalue weighted by Gasteiger charge is -2.15. The molecule has 0 radical (unpaired) electrons. The molecule has 3 rings (SSSR count). The zero-order valence-electron chi connectivity index (χ0n) is 10.6. The van der Waals surface area contributed by atoms with Crippen LogP contribution in [0.15, 0.2) is 30.5 Å². The van der Waals surface area contributed by atoms with Crippen molar-refractivity contribution in [3.8, 4) is 6.07 Å². The van der Waals surface area contributed by atoms with Crippen LogP contribution in [0.2, 0.25) is 0 Å². The van der Waals surface area contributed by atoms with Gasteiger partial charge in [0.15, 0.2) is 0 Å². The van der Waals surface area contributed by atoms with Crippen molar-refractivity contribution in [3.05, 3.63) is 52.8 Å². The monoisotopic (exact) mass is 265 g/mol. The third-order valence-corrected chi connectivity index (χ3v) is 3.20. The Morgan fingerprint density at radius 3 is 3.05 bits per heavy atom. The number of nitrogen functional groups attached to an aromatic ring is 1. The number of hydrogen-bond acceptors (Lipinski definition) is 5. The van der Waals surface area contributed by atoms with Gasteiger partial charge in [-0.15, -0.1) is 0 Å². The van der Waals surface area contributed by atoms with Crippen LogP contribution in [0.25, 0.3) is 0 Å². The summed E-state index contributed by atoms with van der Waals surface area (Å²) in [6.07, 6.45) is 1.65. The van der Waals surface area contributed by atoms with E-state index in [1.807, 2.05) is 6.07 Å². The first-order chi connectivity index (χ1) is 9.67. The van der Waals surface area contributed by atoms with Crippen molar-refractivity contribution >= 4 is 11.9 Å². The van der Waals surface area contributed by atoms with Gasteiger partial charge in [-0.3, -0.25) is 4.79 Å². The number of nitrogens with two attached hydrogens (primary N) is 1. The molecule has 6 nitrogen and oxygen atoms in total. The van der Waals surface area contributed by atoms with Gasteiger partial charge in [-0.2, -0.15) is 5.26 Å². The molecule has 0 saturated heterocycles. The van der Waals surface area contributed by atoms with Crippen LogP contribution in [0.4, 0.5) is 5.95 Å². The van der Waals surface area contributed by atoms with Gasteiger partial charge in [-0.25, -0.2) is 9.97 Å². The highest BCUT2D eigenvalue weighted by Crippen LogP contribution is 2.22. The number of amides is 1. The summed E-state index contributed by atoms with van der Waals surface area (Å²) in [4.78, 5) is 22.1. The zero-order valence-corrected chi connectivity index (χ0v) is 10.6. The van der Waals surface area contributed by atoms with Gasteiger partial charge in [-0.05, 0) is 18.2 Å². The lowest BCUT2D eigenvalue weighted by atomic mass is 10.1. The molecule has 0 bridgehead atoms. The minimum absolute atomic E-state index is 0.126. The first-order valence-electron chi connectivity index (χ1n) is 6.07. The summed E-state index contributed by atoms with van der Waals surface area (Å²) < 4.78 is 0. The van der Waals surface area contributed by atoms with Crippen molar-refractivity contribution in [2.45, 2.75) is 13.1 Å². The van der Waals surface area contributed by atoms with Gasteiger partial charge < -0.3 is 10.6 Å². The van der Waals surface area contributed by atoms with Gasteiger partial charge in [-0.1, -0.05) is 6.07 Å². The number of anilines is 1. The fourth-order valence-electron chi connectivity index (χ4n) is 2.22. The van der Waals surface area contributed by atoms with Crippen LogP contribution in [-0.4, -0.2) is 20.8 Å². The minimum Gasteiger partial charge on any atom is -0.368 e. The van der Waals surface area contributed by atoms with Gasteiger partial charge in [0.25, 0.3) is 5.91 Å². The van der Waals surface area contributed by atoms with Crippen LogP contribution in [0, 0.1) is 11.3 Å².